The van der Waals surface area contributed by atoms with Crippen molar-refractivity contribution in [2.45, 2.75) is 6.92 Å². The fourth-order valence-electron chi connectivity index (χ4n) is 0.194. The maximum absolute atomic E-state index is 4.92. The van der Waals surface area contributed by atoms with Crippen LogP contribution in [0.2, 0.25) is 0 Å². The summed E-state index contributed by atoms with van der Waals surface area (Å²) >= 11 is 6.39. The van der Waals surface area contributed by atoms with Crippen molar-refractivity contribution in [1.29, 1.82) is 0 Å². The molecule has 0 aromatic rings. The summed E-state index contributed by atoms with van der Waals surface area (Å²) in [6.07, 6.45) is 0. The molecule has 0 spiro atoms. The number of hydrogen-bond donors (Lipinski definition) is 0. The van der Waals surface area contributed by atoms with E-state index >= 15 is 0 Å². The van der Waals surface area contributed by atoms with E-state index in [2.05, 4.69) is 31.9 Å². The van der Waals surface area contributed by atoms with Crippen LogP contribution >= 0.6 is 31.9 Å². The van der Waals surface area contributed by atoms with Crippen molar-refractivity contribution >= 4 is 31.9 Å². The molecule has 47 valence electrons. The van der Waals surface area contributed by atoms with Gasteiger partial charge in [-0.05, 0) is 11.9 Å². The summed E-state index contributed by atoms with van der Waals surface area (Å²) in [7, 11) is 0. The van der Waals surface area contributed by atoms with Crippen molar-refractivity contribution in [2.24, 2.45) is 0 Å². The fraction of sp³-hybridized carbons (Fsp3) is 0.400. The summed E-state index contributed by atoms with van der Waals surface area (Å²) in [6, 6.07) is 0. The van der Waals surface area contributed by atoms with E-state index in [1.54, 1.807) is 11.6 Å². The third-order valence-electron chi connectivity index (χ3n) is 0.506. The minimum Gasteiger partial charge on any atom is -0.371 e. The second kappa shape index (κ2) is 5.79. The van der Waals surface area contributed by atoms with Crippen molar-refractivity contribution in [2.75, 3.05) is 6.61 Å². The Morgan fingerprint density at radius 3 is 2.75 bits per heavy atom. The summed E-state index contributed by atoms with van der Waals surface area (Å²) in [4.78, 5) is 1.77. The zero-order valence-electron chi connectivity index (χ0n) is 4.53. The number of ether oxygens (including phenoxy) is 1. The Morgan fingerprint density at radius 1 is 1.75 bits per heavy atom. The van der Waals surface area contributed by atoms with E-state index in [1.807, 2.05) is 6.92 Å². The van der Waals surface area contributed by atoms with Gasteiger partial charge in [-0.3, -0.25) is 0 Å². The molecule has 0 unspecified atom stereocenters. The van der Waals surface area contributed by atoms with Gasteiger partial charge >= 0.3 is 0 Å². The SMILES string of the molecule is C[CH]OC/C(Br)=C/Br. The van der Waals surface area contributed by atoms with Gasteiger partial charge in [-0.15, -0.1) is 0 Å². The molecule has 0 bridgehead atoms. The lowest BCUT2D eigenvalue weighted by molar-refractivity contribution is 0.238. The summed E-state index contributed by atoms with van der Waals surface area (Å²) in [5, 5.41) is 0. The Balaban J connectivity index is 3.12. The summed E-state index contributed by atoms with van der Waals surface area (Å²) in [5.41, 5.74) is 0. The zero-order chi connectivity index (χ0) is 6.41. The third kappa shape index (κ3) is 4.81. The van der Waals surface area contributed by atoms with Gasteiger partial charge in [0.2, 0.25) is 0 Å². The number of hydrogen-bond acceptors (Lipinski definition) is 1. The minimum absolute atomic E-state index is 0.599. The highest BCUT2D eigenvalue weighted by Gasteiger charge is 1.86. The smallest absolute Gasteiger partial charge is 0.0810 e. The first-order valence-electron chi connectivity index (χ1n) is 2.15. The summed E-state index contributed by atoms with van der Waals surface area (Å²) in [5.74, 6) is 0. The van der Waals surface area contributed by atoms with Crippen LogP contribution in [0.15, 0.2) is 9.47 Å². The number of rotatable bonds is 3. The molecule has 0 saturated heterocycles. The van der Waals surface area contributed by atoms with E-state index in [-0.39, 0.29) is 0 Å². The predicted molar refractivity (Wildman–Crippen MR) is 41.9 cm³/mol. The van der Waals surface area contributed by atoms with Crippen LogP contribution in [0.3, 0.4) is 0 Å². The van der Waals surface area contributed by atoms with Gasteiger partial charge in [0.15, 0.2) is 0 Å². The molecule has 1 nitrogen and oxygen atoms in total. The maximum Gasteiger partial charge on any atom is 0.0810 e. The lowest BCUT2D eigenvalue weighted by Gasteiger charge is -1.94. The second-order valence-corrected chi connectivity index (χ2v) is 2.58. The highest BCUT2D eigenvalue weighted by atomic mass is 79.9. The standard InChI is InChI=1S/C5H7Br2O/c1-2-8-4-5(7)3-6/h2-3H,4H2,1H3/b5-3-. The lowest BCUT2D eigenvalue weighted by Crippen LogP contribution is -1.86. The average molecular weight is 243 g/mol. The van der Waals surface area contributed by atoms with Gasteiger partial charge in [0, 0.05) is 4.48 Å². The van der Waals surface area contributed by atoms with Crippen molar-refractivity contribution < 1.29 is 4.74 Å². The van der Waals surface area contributed by atoms with Crippen molar-refractivity contribution in [3.63, 3.8) is 0 Å². The van der Waals surface area contributed by atoms with Gasteiger partial charge in [-0.2, -0.15) is 0 Å². The van der Waals surface area contributed by atoms with Crippen LogP contribution in [0.5, 0.6) is 0 Å². The molecule has 0 atom stereocenters. The predicted octanol–water partition coefficient (Wildman–Crippen LogP) is 2.82. The molecule has 0 amide bonds. The minimum atomic E-state index is 0.599. The Kier molecular flexibility index (Phi) is 6.27. The van der Waals surface area contributed by atoms with E-state index in [0.29, 0.717) is 6.61 Å². The molecule has 0 aliphatic rings. The normalized spacial score (nSPS) is 12.1. The molecule has 0 heterocycles. The largest absolute Gasteiger partial charge is 0.371 e. The van der Waals surface area contributed by atoms with Crippen LogP contribution in [-0.4, -0.2) is 6.61 Å². The third-order valence-corrected chi connectivity index (χ3v) is 2.13. The quantitative estimate of drug-likeness (QED) is 0.740. The van der Waals surface area contributed by atoms with E-state index in [4.69, 9.17) is 4.74 Å². The van der Waals surface area contributed by atoms with Gasteiger partial charge < -0.3 is 4.74 Å². The van der Waals surface area contributed by atoms with Crippen LogP contribution in [-0.2, 0) is 4.74 Å². The maximum atomic E-state index is 4.92. The number of halogens is 2. The molecule has 0 saturated carbocycles. The highest BCUT2D eigenvalue weighted by molar-refractivity contribution is 9.14. The molecule has 0 N–H and O–H groups in total. The first-order chi connectivity index (χ1) is 3.81. The first kappa shape index (κ1) is 8.66. The van der Waals surface area contributed by atoms with E-state index < -0.39 is 0 Å². The van der Waals surface area contributed by atoms with Gasteiger partial charge in [0.25, 0.3) is 0 Å². The monoisotopic (exact) mass is 241 g/mol. The van der Waals surface area contributed by atoms with Gasteiger partial charge in [-0.25, -0.2) is 0 Å². The van der Waals surface area contributed by atoms with Gasteiger partial charge in [-0.1, -0.05) is 31.9 Å². The molecule has 0 aliphatic carbocycles. The molecule has 8 heavy (non-hydrogen) atoms. The summed E-state index contributed by atoms with van der Waals surface area (Å²) < 4.78 is 5.91. The van der Waals surface area contributed by atoms with Crippen molar-refractivity contribution in [3.8, 4) is 0 Å². The highest BCUT2D eigenvalue weighted by Crippen LogP contribution is 2.07. The van der Waals surface area contributed by atoms with Crippen LogP contribution in [0, 0.1) is 6.61 Å². The fourth-order valence-corrected chi connectivity index (χ4v) is 0.459. The van der Waals surface area contributed by atoms with Crippen LogP contribution in [0.4, 0.5) is 0 Å². The Hall–Kier alpha value is 0.660. The van der Waals surface area contributed by atoms with Crippen molar-refractivity contribution in [3.05, 3.63) is 16.1 Å². The van der Waals surface area contributed by atoms with E-state index in [0.717, 1.165) is 4.48 Å². The van der Waals surface area contributed by atoms with Gasteiger partial charge in [0.05, 0.1) is 13.2 Å². The molecule has 1 radical (unpaired) electrons. The van der Waals surface area contributed by atoms with E-state index in [9.17, 15) is 0 Å². The van der Waals surface area contributed by atoms with Crippen LogP contribution in [0.1, 0.15) is 6.92 Å². The Labute approximate surface area is 66.4 Å². The van der Waals surface area contributed by atoms with Crippen molar-refractivity contribution in [1.82, 2.24) is 0 Å². The van der Waals surface area contributed by atoms with Gasteiger partial charge in [0.1, 0.15) is 0 Å². The molecule has 0 aromatic heterocycles. The molecule has 3 heteroatoms. The second-order valence-electron chi connectivity index (χ2n) is 1.10. The summed E-state index contributed by atoms with van der Waals surface area (Å²) in [6.45, 7) is 4.09. The zero-order valence-corrected chi connectivity index (χ0v) is 7.70. The molecule has 0 aromatic carbocycles. The molecule has 0 rings (SSSR count). The molecular weight excluding hydrogens is 236 g/mol. The van der Waals surface area contributed by atoms with Crippen LogP contribution < -0.4 is 0 Å². The van der Waals surface area contributed by atoms with Crippen LogP contribution in [0.25, 0.3) is 0 Å². The molecule has 0 fully saturated rings. The average Bonchev–Trinajstić information content (AvgIpc) is 1.83. The Morgan fingerprint density at radius 2 is 2.38 bits per heavy atom. The van der Waals surface area contributed by atoms with E-state index in [1.165, 1.54) is 0 Å². The first-order valence-corrected chi connectivity index (χ1v) is 3.86. The lowest BCUT2D eigenvalue weighted by atomic mass is 10.7. The Bertz CT molecular complexity index is 80.5. The molecular formula is C5H7Br2O. The molecule has 0 aliphatic heterocycles. The topological polar surface area (TPSA) is 9.23 Å².